The standard InChI is InChI=1S/C14H24ClN5O/c1-4-19(5-2)12-16-11(15)17-13(18-12)20-9-6-7-14(3,21)8-10-20/h21H,4-10H2,1-3H3. The maximum Gasteiger partial charge on any atom is 0.231 e. The summed E-state index contributed by atoms with van der Waals surface area (Å²) in [5.74, 6) is 1.22. The Hall–Kier alpha value is -1.14. The van der Waals surface area contributed by atoms with Gasteiger partial charge in [0.1, 0.15) is 0 Å². The molecular formula is C14H24ClN5O. The fraction of sp³-hybridized carbons (Fsp3) is 0.786. The van der Waals surface area contributed by atoms with E-state index < -0.39 is 5.60 Å². The van der Waals surface area contributed by atoms with Gasteiger partial charge in [-0.15, -0.1) is 0 Å². The molecule has 7 heteroatoms. The zero-order valence-electron chi connectivity index (χ0n) is 13.0. The van der Waals surface area contributed by atoms with Crippen LogP contribution in [0.5, 0.6) is 0 Å². The van der Waals surface area contributed by atoms with E-state index in [4.69, 9.17) is 11.6 Å². The van der Waals surface area contributed by atoms with Crippen LogP contribution in [0.3, 0.4) is 0 Å². The fourth-order valence-electron chi connectivity index (χ4n) is 2.58. The summed E-state index contributed by atoms with van der Waals surface area (Å²) in [5.41, 5.74) is -0.604. The van der Waals surface area contributed by atoms with Crippen LogP contribution in [0.1, 0.15) is 40.0 Å². The van der Waals surface area contributed by atoms with Crippen molar-refractivity contribution in [1.82, 2.24) is 15.0 Å². The van der Waals surface area contributed by atoms with Crippen LogP contribution >= 0.6 is 11.6 Å². The van der Waals surface area contributed by atoms with Gasteiger partial charge in [-0.25, -0.2) is 0 Å². The van der Waals surface area contributed by atoms with Gasteiger partial charge in [0.05, 0.1) is 5.60 Å². The van der Waals surface area contributed by atoms with Crippen LogP contribution in [0.15, 0.2) is 0 Å². The van der Waals surface area contributed by atoms with Gasteiger partial charge in [0.25, 0.3) is 0 Å². The molecule has 1 saturated heterocycles. The number of hydrogen-bond donors (Lipinski definition) is 1. The second-order valence-corrected chi connectivity index (χ2v) is 6.05. The largest absolute Gasteiger partial charge is 0.390 e. The minimum atomic E-state index is -0.604. The van der Waals surface area contributed by atoms with E-state index in [1.54, 1.807) is 0 Å². The summed E-state index contributed by atoms with van der Waals surface area (Å²) in [4.78, 5) is 17.2. The zero-order valence-corrected chi connectivity index (χ0v) is 13.8. The summed E-state index contributed by atoms with van der Waals surface area (Å²) in [6.07, 6.45) is 2.42. The summed E-state index contributed by atoms with van der Waals surface area (Å²) in [5, 5.41) is 10.4. The maximum atomic E-state index is 10.2. The first-order valence-corrected chi connectivity index (χ1v) is 7.97. The molecule has 1 fully saturated rings. The number of aromatic nitrogens is 3. The minimum absolute atomic E-state index is 0.220. The first kappa shape index (κ1) is 16.2. The third-order valence-electron chi connectivity index (χ3n) is 3.98. The summed E-state index contributed by atoms with van der Waals surface area (Å²) >= 11 is 6.06. The zero-order chi connectivity index (χ0) is 15.5. The molecule has 0 radical (unpaired) electrons. The van der Waals surface area contributed by atoms with Gasteiger partial charge in [-0.1, -0.05) is 0 Å². The molecule has 0 aliphatic carbocycles. The molecule has 6 nitrogen and oxygen atoms in total. The quantitative estimate of drug-likeness (QED) is 0.918. The Bertz CT molecular complexity index is 478. The van der Waals surface area contributed by atoms with E-state index in [9.17, 15) is 5.11 Å². The normalized spacial score (nSPS) is 23.0. The molecule has 0 bridgehead atoms. The Morgan fingerprint density at radius 3 is 2.57 bits per heavy atom. The molecule has 1 aliphatic heterocycles. The van der Waals surface area contributed by atoms with Crippen LogP contribution in [0.4, 0.5) is 11.9 Å². The fourth-order valence-corrected chi connectivity index (χ4v) is 2.73. The Labute approximate surface area is 131 Å². The molecule has 1 N–H and O–H groups in total. The summed E-state index contributed by atoms with van der Waals surface area (Å²) in [7, 11) is 0. The first-order valence-electron chi connectivity index (χ1n) is 7.59. The monoisotopic (exact) mass is 313 g/mol. The lowest BCUT2D eigenvalue weighted by Gasteiger charge is -2.24. The molecule has 0 spiro atoms. The van der Waals surface area contributed by atoms with Gasteiger partial charge in [-0.05, 0) is 51.6 Å². The molecular weight excluding hydrogens is 290 g/mol. The molecule has 1 aromatic rings. The lowest BCUT2D eigenvalue weighted by atomic mass is 9.98. The van der Waals surface area contributed by atoms with Crippen LogP contribution in [-0.2, 0) is 0 Å². The van der Waals surface area contributed by atoms with Gasteiger partial charge < -0.3 is 14.9 Å². The van der Waals surface area contributed by atoms with Crippen LogP contribution in [0, 0.1) is 0 Å². The Balaban J connectivity index is 2.23. The van der Waals surface area contributed by atoms with Crippen LogP contribution in [-0.4, -0.2) is 51.8 Å². The van der Waals surface area contributed by atoms with E-state index in [0.717, 1.165) is 39.0 Å². The third-order valence-corrected chi connectivity index (χ3v) is 4.15. The van der Waals surface area contributed by atoms with Crippen molar-refractivity contribution < 1.29 is 5.11 Å². The summed E-state index contributed by atoms with van der Waals surface area (Å²) in [6, 6.07) is 0. The van der Waals surface area contributed by atoms with Crippen LogP contribution < -0.4 is 9.80 Å². The maximum absolute atomic E-state index is 10.2. The van der Waals surface area contributed by atoms with Crippen molar-refractivity contribution >= 4 is 23.5 Å². The average Bonchev–Trinajstić information content (AvgIpc) is 2.60. The molecule has 118 valence electrons. The van der Waals surface area contributed by atoms with Gasteiger partial charge in [-0.2, -0.15) is 15.0 Å². The van der Waals surface area contributed by atoms with Gasteiger partial charge in [0, 0.05) is 26.2 Å². The molecule has 1 aliphatic rings. The van der Waals surface area contributed by atoms with E-state index in [2.05, 4.69) is 33.7 Å². The molecule has 21 heavy (non-hydrogen) atoms. The SMILES string of the molecule is CCN(CC)c1nc(Cl)nc(N2CCCC(C)(O)CC2)n1. The molecule has 1 atom stereocenters. The summed E-state index contributed by atoms with van der Waals surface area (Å²) < 4.78 is 0. The van der Waals surface area contributed by atoms with Gasteiger partial charge in [0.2, 0.25) is 17.2 Å². The lowest BCUT2D eigenvalue weighted by molar-refractivity contribution is 0.0481. The Kier molecular flexibility index (Phi) is 5.22. The summed E-state index contributed by atoms with van der Waals surface area (Å²) in [6.45, 7) is 9.21. The molecule has 1 aromatic heterocycles. The van der Waals surface area contributed by atoms with Gasteiger partial charge in [-0.3, -0.25) is 0 Å². The topological polar surface area (TPSA) is 65.4 Å². The Morgan fingerprint density at radius 2 is 1.90 bits per heavy atom. The van der Waals surface area contributed by atoms with Crippen molar-refractivity contribution in [2.45, 2.75) is 45.6 Å². The molecule has 2 rings (SSSR count). The average molecular weight is 314 g/mol. The number of hydrogen-bond acceptors (Lipinski definition) is 6. The van der Waals surface area contributed by atoms with E-state index in [1.165, 1.54) is 0 Å². The predicted molar refractivity (Wildman–Crippen MR) is 85.1 cm³/mol. The third kappa shape index (κ3) is 4.17. The number of anilines is 2. The van der Waals surface area contributed by atoms with Crippen molar-refractivity contribution in [1.29, 1.82) is 0 Å². The first-order chi connectivity index (χ1) is 9.95. The minimum Gasteiger partial charge on any atom is -0.390 e. The Morgan fingerprint density at radius 1 is 1.19 bits per heavy atom. The van der Waals surface area contributed by atoms with Crippen molar-refractivity contribution in [3.63, 3.8) is 0 Å². The molecule has 0 saturated carbocycles. The smallest absolute Gasteiger partial charge is 0.231 e. The highest BCUT2D eigenvalue weighted by Gasteiger charge is 2.26. The van der Waals surface area contributed by atoms with Crippen LogP contribution in [0.2, 0.25) is 5.28 Å². The highest BCUT2D eigenvalue weighted by molar-refractivity contribution is 6.28. The van der Waals surface area contributed by atoms with Crippen LogP contribution in [0.25, 0.3) is 0 Å². The van der Waals surface area contributed by atoms with Crippen molar-refractivity contribution in [2.75, 3.05) is 36.0 Å². The second-order valence-electron chi connectivity index (χ2n) is 5.71. The lowest BCUT2D eigenvalue weighted by Crippen LogP contribution is -2.31. The van der Waals surface area contributed by atoms with Crippen molar-refractivity contribution in [3.05, 3.63) is 5.28 Å². The van der Waals surface area contributed by atoms with Crippen molar-refractivity contribution in [2.24, 2.45) is 0 Å². The van der Waals surface area contributed by atoms with E-state index in [1.807, 2.05) is 11.8 Å². The van der Waals surface area contributed by atoms with Gasteiger partial charge in [0.15, 0.2) is 0 Å². The second kappa shape index (κ2) is 6.75. The van der Waals surface area contributed by atoms with Gasteiger partial charge >= 0.3 is 0 Å². The predicted octanol–water partition coefficient (Wildman–Crippen LogP) is 2.11. The van der Waals surface area contributed by atoms with Crippen molar-refractivity contribution in [3.8, 4) is 0 Å². The highest BCUT2D eigenvalue weighted by atomic mass is 35.5. The number of nitrogens with zero attached hydrogens (tertiary/aromatic N) is 5. The number of aliphatic hydroxyl groups is 1. The molecule has 2 heterocycles. The number of rotatable bonds is 4. The number of halogens is 1. The molecule has 0 amide bonds. The highest BCUT2D eigenvalue weighted by Crippen LogP contribution is 2.24. The van der Waals surface area contributed by atoms with E-state index >= 15 is 0 Å². The van der Waals surface area contributed by atoms with E-state index in [0.29, 0.717) is 18.3 Å². The van der Waals surface area contributed by atoms with E-state index in [-0.39, 0.29) is 5.28 Å². The molecule has 0 aromatic carbocycles. The molecule has 1 unspecified atom stereocenters.